The first-order chi connectivity index (χ1) is 15.8. The summed E-state index contributed by atoms with van der Waals surface area (Å²) in [4.78, 5) is 16.6. The monoisotopic (exact) mass is 463 g/mol. The summed E-state index contributed by atoms with van der Waals surface area (Å²) in [5, 5.41) is 3.56. The first-order valence-corrected chi connectivity index (χ1v) is 11.6. The molecule has 4 aromatic rings. The van der Waals surface area contributed by atoms with Crippen LogP contribution in [0.5, 0.6) is 5.75 Å². The van der Waals surface area contributed by atoms with E-state index in [1.807, 2.05) is 13.8 Å². The number of hydrogen-bond acceptors (Lipinski definition) is 5. The molecule has 0 aliphatic carbocycles. The van der Waals surface area contributed by atoms with Gasteiger partial charge in [-0.25, -0.2) is 12.4 Å². The second kappa shape index (κ2) is 10.1. The number of allylic oxidation sites excluding steroid dienone is 1. The van der Waals surface area contributed by atoms with Gasteiger partial charge in [0.15, 0.2) is 0 Å². The van der Waals surface area contributed by atoms with Crippen LogP contribution in [0.3, 0.4) is 0 Å². The van der Waals surface area contributed by atoms with E-state index in [-0.39, 0.29) is 10.8 Å². The fourth-order valence-corrected chi connectivity index (χ4v) is 4.55. The SMILES string of the molecule is C=CC.COc1ccc(C(=O)Nc2ccc(S(=O)(=O)n3ccc4ccncc43)cc2)cc1C. The number of methoxy groups -OCH3 is 1. The first kappa shape index (κ1) is 23.7. The van der Waals surface area contributed by atoms with E-state index < -0.39 is 10.0 Å². The van der Waals surface area contributed by atoms with Crippen LogP contribution < -0.4 is 10.1 Å². The number of ether oxygens (including phenoxy) is 1. The first-order valence-electron chi connectivity index (χ1n) is 10.1. The topological polar surface area (TPSA) is 90.3 Å². The third kappa shape index (κ3) is 5.12. The molecule has 0 radical (unpaired) electrons. The normalized spacial score (nSPS) is 10.8. The Morgan fingerprint density at radius 2 is 1.82 bits per heavy atom. The van der Waals surface area contributed by atoms with Gasteiger partial charge in [0.2, 0.25) is 0 Å². The lowest BCUT2D eigenvalue weighted by Gasteiger charge is -2.10. The second-order valence-electron chi connectivity index (χ2n) is 7.12. The van der Waals surface area contributed by atoms with Crippen molar-refractivity contribution in [2.75, 3.05) is 12.4 Å². The summed E-state index contributed by atoms with van der Waals surface area (Å²) < 4.78 is 32.4. The number of anilines is 1. The number of carbonyl (C=O) groups excluding carboxylic acids is 1. The lowest BCUT2D eigenvalue weighted by molar-refractivity contribution is 0.102. The van der Waals surface area contributed by atoms with Gasteiger partial charge in [-0.3, -0.25) is 9.78 Å². The van der Waals surface area contributed by atoms with E-state index in [1.165, 1.54) is 28.5 Å². The maximum atomic E-state index is 13.0. The van der Waals surface area contributed by atoms with Gasteiger partial charge >= 0.3 is 0 Å². The molecule has 0 fully saturated rings. The third-order valence-electron chi connectivity index (χ3n) is 4.79. The molecule has 170 valence electrons. The largest absolute Gasteiger partial charge is 0.496 e. The van der Waals surface area contributed by atoms with Crippen molar-refractivity contribution >= 4 is 32.5 Å². The van der Waals surface area contributed by atoms with Crippen LogP contribution in [0.1, 0.15) is 22.8 Å². The number of rotatable bonds is 5. The predicted molar refractivity (Wildman–Crippen MR) is 130 cm³/mol. The highest BCUT2D eigenvalue weighted by atomic mass is 32.2. The molecule has 33 heavy (non-hydrogen) atoms. The molecule has 0 saturated heterocycles. The van der Waals surface area contributed by atoms with Crippen LogP contribution in [0.15, 0.2) is 90.7 Å². The van der Waals surface area contributed by atoms with Gasteiger partial charge in [0.05, 0.1) is 23.7 Å². The number of nitrogens with one attached hydrogen (secondary N) is 1. The molecule has 7 nitrogen and oxygen atoms in total. The Hall–Kier alpha value is -3.91. The van der Waals surface area contributed by atoms with Gasteiger partial charge in [-0.05, 0) is 74.0 Å². The Balaban J connectivity index is 0.000000968. The molecule has 2 aromatic carbocycles. The van der Waals surface area contributed by atoms with E-state index in [4.69, 9.17) is 4.74 Å². The third-order valence-corrected chi connectivity index (χ3v) is 6.49. The van der Waals surface area contributed by atoms with Crippen molar-refractivity contribution in [3.63, 3.8) is 0 Å². The number of nitrogens with zero attached hydrogens (tertiary/aromatic N) is 2. The standard InChI is InChI=1S/C22H19N3O4S.C3H6/c1-15-13-17(3-8-21(15)29-2)22(26)24-18-4-6-19(7-5-18)30(27,28)25-12-10-16-9-11-23-14-20(16)25;1-3-2/h3-14H,1-2H3,(H,24,26);3H,1H2,2H3. The van der Waals surface area contributed by atoms with Gasteiger partial charge in [-0.15, -0.1) is 6.58 Å². The minimum absolute atomic E-state index is 0.113. The zero-order valence-electron chi connectivity index (χ0n) is 18.6. The Morgan fingerprint density at radius 1 is 1.12 bits per heavy atom. The molecule has 8 heteroatoms. The molecule has 0 spiro atoms. The van der Waals surface area contributed by atoms with Crippen molar-refractivity contribution in [3.8, 4) is 5.75 Å². The van der Waals surface area contributed by atoms with Gasteiger partial charge < -0.3 is 10.1 Å². The van der Waals surface area contributed by atoms with Gasteiger partial charge in [0.1, 0.15) is 5.75 Å². The fourth-order valence-electron chi connectivity index (χ4n) is 3.21. The number of carbonyl (C=O) groups is 1. The number of benzene rings is 2. The summed E-state index contributed by atoms with van der Waals surface area (Å²) in [6, 6.07) is 14.7. The highest BCUT2D eigenvalue weighted by Crippen LogP contribution is 2.23. The average Bonchev–Trinajstić information content (AvgIpc) is 3.25. The summed E-state index contributed by atoms with van der Waals surface area (Å²) in [5.74, 6) is 0.410. The molecule has 4 rings (SSSR count). The van der Waals surface area contributed by atoms with E-state index in [0.717, 1.165) is 10.9 Å². The van der Waals surface area contributed by atoms with Gasteiger partial charge in [0.25, 0.3) is 15.9 Å². The minimum atomic E-state index is -3.78. The highest BCUT2D eigenvalue weighted by molar-refractivity contribution is 7.90. The Kier molecular flexibility index (Phi) is 7.30. The molecule has 2 aromatic heterocycles. The minimum Gasteiger partial charge on any atom is -0.496 e. The maximum Gasteiger partial charge on any atom is 0.268 e. The molecule has 0 aliphatic heterocycles. The highest BCUT2D eigenvalue weighted by Gasteiger charge is 2.19. The smallest absolute Gasteiger partial charge is 0.268 e. The van der Waals surface area contributed by atoms with Crippen LogP contribution in [0.2, 0.25) is 0 Å². The number of amides is 1. The van der Waals surface area contributed by atoms with E-state index in [9.17, 15) is 13.2 Å². The van der Waals surface area contributed by atoms with Crippen molar-refractivity contribution in [3.05, 3.63) is 97.0 Å². The van der Waals surface area contributed by atoms with Crippen molar-refractivity contribution < 1.29 is 17.9 Å². The fraction of sp³-hybridized carbons (Fsp3) is 0.120. The van der Waals surface area contributed by atoms with Crippen molar-refractivity contribution in [2.45, 2.75) is 18.7 Å². The number of fused-ring (bicyclic) bond motifs is 1. The molecular formula is C25H25N3O4S. The van der Waals surface area contributed by atoms with E-state index in [1.54, 1.807) is 61.8 Å². The molecule has 0 unspecified atom stereocenters. The molecular weight excluding hydrogens is 438 g/mol. The molecule has 0 aliphatic rings. The van der Waals surface area contributed by atoms with Crippen molar-refractivity contribution in [1.29, 1.82) is 0 Å². The summed E-state index contributed by atoms with van der Waals surface area (Å²) in [6.45, 7) is 7.11. The van der Waals surface area contributed by atoms with Crippen molar-refractivity contribution in [2.24, 2.45) is 0 Å². The summed E-state index contributed by atoms with van der Waals surface area (Å²) in [6.07, 6.45) is 6.38. The molecule has 0 saturated carbocycles. The van der Waals surface area contributed by atoms with Crippen LogP contribution in [0.25, 0.3) is 10.9 Å². The number of hydrogen-bond donors (Lipinski definition) is 1. The molecule has 1 amide bonds. The maximum absolute atomic E-state index is 13.0. The van der Waals surface area contributed by atoms with Gasteiger partial charge in [0, 0.05) is 29.0 Å². The molecule has 1 N–H and O–H groups in total. The molecule has 2 heterocycles. The zero-order valence-corrected chi connectivity index (χ0v) is 19.5. The Morgan fingerprint density at radius 3 is 2.45 bits per heavy atom. The van der Waals surface area contributed by atoms with Crippen LogP contribution in [0, 0.1) is 6.92 Å². The number of aromatic nitrogens is 2. The Bertz CT molecular complexity index is 1390. The Labute approximate surface area is 193 Å². The lowest BCUT2D eigenvalue weighted by Crippen LogP contribution is -2.14. The average molecular weight is 464 g/mol. The van der Waals surface area contributed by atoms with E-state index in [2.05, 4.69) is 16.9 Å². The zero-order chi connectivity index (χ0) is 24.0. The van der Waals surface area contributed by atoms with Crippen LogP contribution in [0.4, 0.5) is 5.69 Å². The van der Waals surface area contributed by atoms with Gasteiger partial charge in [-0.2, -0.15) is 0 Å². The quantitative estimate of drug-likeness (QED) is 0.419. The van der Waals surface area contributed by atoms with Crippen LogP contribution >= 0.6 is 0 Å². The van der Waals surface area contributed by atoms with Gasteiger partial charge in [-0.1, -0.05) is 6.08 Å². The van der Waals surface area contributed by atoms with Crippen LogP contribution in [-0.2, 0) is 10.0 Å². The summed E-state index contributed by atoms with van der Waals surface area (Å²) in [5.41, 5.74) is 2.33. The molecule has 0 atom stereocenters. The lowest BCUT2D eigenvalue weighted by atomic mass is 10.1. The van der Waals surface area contributed by atoms with E-state index >= 15 is 0 Å². The number of pyridine rings is 1. The van der Waals surface area contributed by atoms with E-state index in [0.29, 0.717) is 22.5 Å². The predicted octanol–water partition coefficient (Wildman–Crippen LogP) is 5.03. The summed E-state index contributed by atoms with van der Waals surface area (Å²) >= 11 is 0. The molecule has 0 bridgehead atoms. The van der Waals surface area contributed by atoms with Crippen molar-refractivity contribution in [1.82, 2.24) is 8.96 Å². The summed E-state index contributed by atoms with van der Waals surface area (Å²) in [7, 11) is -2.21. The number of aryl methyl sites for hydroxylation is 1. The second-order valence-corrected chi connectivity index (χ2v) is 8.94. The van der Waals surface area contributed by atoms with Crippen LogP contribution in [-0.4, -0.2) is 30.4 Å².